The Balaban J connectivity index is 1.11. The predicted octanol–water partition coefficient (Wildman–Crippen LogP) is 16.2. The zero-order chi connectivity index (χ0) is 48.1. The molecule has 0 saturated carbocycles. The fraction of sp³-hybridized carbons (Fsp3) is 0.0597. The molecule has 0 aliphatic carbocycles. The number of aromatic nitrogens is 1. The highest BCUT2D eigenvalue weighted by atomic mass is 16.5. The molecule has 0 spiro atoms. The molecule has 5 heteroatoms. The molecule has 0 saturated heterocycles. The van der Waals surface area contributed by atoms with Gasteiger partial charge in [-0.25, -0.2) is 0 Å². The van der Waals surface area contributed by atoms with Gasteiger partial charge in [0.2, 0.25) is 6.71 Å². The van der Waals surface area contributed by atoms with Gasteiger partial charge in [-0.15, -0.1) is 0 Å². The summed E-state index contributed by atoms with van der Waals surface area (Å²) in [6.07, 6.45) is 3.79. The van der Waals surface area contributed by atoms with Gasteiger partial charge in [-0.05, 0) is 109 Å². The molecule has 0 N–H and O–H groups in total. The van der Waals surface area contributed by atoms with Crippen LogP contribution in [-0.2, 0) is 5.41 Å². The third-order valence-electron chi connectivity index (χ3n) is 15.0. The van der Waals surface area contributed by atoms with E-state index in [0.29, 0.717) is 0 Å². The molecule has 14 rings (SSSR count). The second kappa shape index (κ2) is 16.3. The summed E-state index contributed by atoms with van der Waals surface area (Å²) in [4.78, 5) is 7.80. The van der Waals surface area contributed by atoms with Gasteiger partial charge >= 0.3 is 0 Å². The molecule has 2 aliphatic heterocycles. The second-order valence-corrected chi connectivity index (χ2v) is 20.2. The third-order valence-corrected chi connectivity index (χ3v) is 15.0. The number of hydrogen-bond donors (Lipinski definition) is 0. The minimum absolute atomic E-state index is 0.0293. The zero-order valence-corrected chi connectivity index (χ0v) is 40.2. The summed E-state index contributed by atoms with van der Waals surface area (Å²) in [7, 11) is 0. The summed E-state index contributed by atoms with van der Waals surface area (Å²) >= 11 is 0. The van der Waals surface area contributed by atoms with Crippen LogP contribution >= 0.6 is 0 Å². The van der Waals surface area contributed by atoms with Crippen molar-refractivity contribution in [1.29, 1.82) is 0 Å². The standard InChI is InChI=1S/C67H47BN2O2/c1-67(2,3)46-34-31-42(32-35-46)45-39-56-64-57(40-45)69-41-54(60-30-17-37-71-60)63(64)53-38-44(48-21-8-7-20-47(48)43-18-5-4-6-19-43)33-36-55(53)68(56)65-49-22-9-11-24-51(49)66(52-25-12-10-23-50(52)65)70-58-26-13-15-28-61(58)72-62-29-16-14-27-59(62)70/h4-41H,1-3H3. The molecular weight excluding hydrogens is 876 g/mol. The molecular formula is C67H47BN2O2. The van der Waals surface area contributed by atoms with Crippen LogP contribution in [0.15, 0.2) is 235 Å². The summed E-state index contributed by atoms with van der Waals surface area (Å²) in [5, 5.41) is 5.83. The van der Waals surface area contributed by atoms with Gasteiger partial charge in [-0.2, -0.15) is 0 Å². The number of para-hydroxylation sites is 4. The van der Waals surface area contributed by atoms with Crippen molar-refractivity contribution in [3.63, 3.8) is 0 Å². The maximum absolute atomic E-state index is 6.60. The molecule has 4 heterocycles. The van der Waals surface area contributed by atoms with Crippen LogP contribution in [0.4, 0.5) is 17.1 Å². The fourth-order valence-electron chi connectivity index (χ4n) is 11.7. The van der Waals surface area contributed by atoms with Crippen molar-refractivity contribution >= 4 is 72.6 Å². The first-order valence-electron chi connectivity index (χ1n) is 24.9. The second-order valence-electron chi connectivity index (χ2n) is 20.2. The molecule has 0 radical (unpaired) electrons. The van der Waals surface area contributed by atoms with Crippen LogP contribution in [0, 0.1) is 0 Å². The van der Waals surface area contributed by atoms with Gasteiger partial charge in [0.15, 0.2) is 11.5 Å². The highest BCUT2D eigenvalue weighted by molar-refractivity contribution is 7.01. The minimum Gasteiger partial charge on any atom is -0.464 e. The van der Waals surface area contributed by atoms with E-state index in [9.17, 15) is 0 Å². The van der Waals surface area contributed by atoms with Crippen molar-refractivity contribution in [3.05, 3.63) is 236 Å². The van der Waals surface area contributed by atoms with Crippen LogP contribution in [0.1, 0.15) is 26.3 Å². The Kier molecular flexibility index (Phi) is 9.53. The summed E-state index contributed by atoms with van der Waals surface area (Å²) in [6, 6.07) is 79.5. The highest BCUT2D eigenvalue weighted by Gasteiger charge is 2.38. The van der Waals surface area contributed by atoms with Crippen molar-refractivity contribution in [1.82, 2.24) is 4.98 Å². The molecule has 0 atom stereocenters. The average Bonchev–Trinajstić information content (AvgIpc) is 3.97. The van der Waals surface area contributed by atoms with E-state index in [1.807, 2.05) is 24.4 Å². The van der Waals surface area contributed by atoms with Gasteiger partial charge in [0.05, 0.1) is 28.8 Å². The predicted molar refractivity (Wildman–Crippen MR) is 301 cm³/mol. The molecule has 0 fully saturated rings. The Labute approximate surface area is 419 Å². The Hall–Kier alpha value is -8.93. The first-order chi connectivity index (χ1) is 35.4. The van der Waals surface area contributed by atoms with E-state index in [4.69, 9.17) is 14.1 Å². The number of furan rings is 1. The molecule has 12 aromatic rings. The van der Waals surface area contributed by atoms with Crippen molar-refractivity contribution in [2.45, 2.75) is 26.2 Å². The molecule has 72 heavy (non-hydrogen) atoms. The normalized spacial score (nSPS) is 12.7. The van der Waals surface area contributed by atoms with Crippen molar-refractivity contribution in [2.24, 2.45) is 0 Å². The zero-order valence-electron chi connectivity index (χ0n) is 40.2. The van der Waals surface area contributed by atoms with E-state index in [2.05, 4.69) is 226 Å². The van der Waals surface area contributed by atoms with Crippen LogP contribution in [0.5, 0.6) is 11.5 Å². The Morgan fingerprint density at radius 2 is 1.06 bits per heavy atom. The van der Waals surface area contributed by atoms with Crippen LogP contribution in [0.3, 0.4) is 0 Å². The molecule has 0 bridgehead atoms. The van der Waals surface area contributed by atoms with Gasteiger partial charge in [-0.1, -0.05) is 207 Å². The van der Waals surface area contributed by atoms with E-state index in [1.165, 1.54) is 55.0 Å². The number of pyridine rings is 1. The molecule has 0 amide bonds. The maximum atomic E-state index is 6.60. The lowest BCUT2D eigenvalue weighted by atomic mass is 9.32. The molecule has 2 aromatic heterocycles. The third kappa shape index (κ3) is 6.58. The van der Waals surface area contributed by atoms with Crippen molar-refractivity contribution in [2.75, 3.05) is 4.90 Å². The Bertz CT molecular complexity index is 4010. The quantitative estimate of drug-likeness (QED) is 0.123. The van der Waals surface area contributed by atoms with E-state index < -0.39 is 0 Å². The van der Waals surface area contributed by atoms with Crippen molar-refractivity contribution in [3.8, 4) is 67.3 Å². The maximum Gasteiger partial charge on any atom is 0.244 e. The molecule has 4 nitrogen and oxygen atoms in total. The van der Waals surface area contributed by atoms with E-state index >= 15 is 0 Å². The largest absolute Gasteiger partial charge is 0.464 e. The number of hydrogen-bond acceptors (Lipinski definition) is 4. The number of anilines is 3. The summed E-state index contributed by atoms with van der Waals surface area (Å²) < 4.78 is 12.9. The Morgan fingerprint density at radius 3 is 1.71 bits per heavy atom. The number of ether oxygens (including phenoxy) is 1. The lowest BCUT2D eigenvalue weighted by Gasteiger charge is -2.36. The van der Waals surface area contributed by atoms with Crippen LogP contribution in [0.2, 0.25) is 0 Å². The van der Waals surface area contributed by atoms with Gasteiger partial charge in [0.1, 0.15) is 5.76 Å². The van der Waals surface area contributed by atoms with Gasteiger partial charge in [0.25, 0.3) is 0 Å². The van der Waals surface area contributed by atoms with E-state index in [1.54, 1.807) is 6.26 Å². The van der Waals surface area contributed by atoms with Gasteiger partial charge < -0.3 is 14.1 Å². The van der Waals surface area contributed by atoms with Crippen molar-refractivity contribution < 1.29 is 9.15 Å². The number of benzene rings is 10. The minimum atomic E-state index is -0.205. The SMILES string of the molecule is CC(C)(C)c1ccc(-c2cc3c4c(c(-c5ccco5)cnc4c2)-c2cc(-c4ccccc4-c4ccccc4)ccc2B3c2c3ccccc3c(N3c4ccccc4Oc4ccccc43)c3ccccc23)cc1. The van der Waals surface area contributed by atoms with E-state index in [0.717, 1.165) is 83.8 Å². The van der Waals surface area contributed by atoms with Gasteiger partial charge in [0, 0.05) is 33.5 Å². The Morgan fingerprint density at radius 1 is 0.458 bits per heavy atom. The van der Waals surface area contributed by atoms with Crippen LogP contribution in [0.25, 0.3) is 88.3 Å². The van der Waals surface area contributed by atoms with Gasteiger partial charge in [-0.3, -0.25) is 4.98 Å². The number of rotatable bonds is 6. The smallest absolute Gasteiger partial charge is 0.244 e. The highest BCUT2D eigenvalue weighted by Crippen LogP contribution is 2.53. The number of fused-ring (bicyclic) bond motifs is 6. The topological polar surface area (TPSA) is 38.5 Å². The van der Waals surface area contributed by atoms with Crippen LogP contribution in [-0.4, -0.2) is 11.7 Å². The summed E-state index contributed by atoms with van der Waals surface area (Å²) in [6.45, 7) is 6.61. The molecule has 340 valence electrons. The molecule has 2 aliphatic rings. The summed E-state index contributed by atoms with van der Waals surface area (Å²) in [5.41, 5.74) is 19.4. The molecule has 0 unspecified atom stereocenters. The molecule has 10 aromatic carbocycles. The monoisotopic (exact) mass is 922 g/mol. The first kappa shape index (κ1) is 42.0. The van der Waals surface area contributed by atoms with E-state index in [-0.39, 0.29) is 12.1 Å². The first-order valence-corrected chi connectivity index (χ1v) is 24.9. The van der Waals surface area contributed by atoms with Crippen LogP contribution < -0.4 is 26.0 Å². The summed E-state index contributed by atoms with van der Waals surface area (Å²) in [5.74, 6) is 2.44. The lowest BCUT2D eigenvalue weighted by molar-refractivity contribution is 0.477. The fourth-order valence-corrected chi connectivity index (χ4v) is 11.7. The average molecular weight is 923 g/mol. The number of nitrogens with zero attached hydrogens (tertiary/aromatic N) is 2. The lowest BCUT2D eigenvalue weighted by Crippen LogP contribution is -2.55.